The number of hydrogen-bond acceptors (Lipinski definition) is 2. The van der Waals surface area contributed by atoms with Gasteiger partial charge in [0, 0.05) is 35.5 Å². The third-order valence-electron chi connectivity index (χ3n) is 4.11. The molecule has 1 fully saturated rings. The molecule has 0 bridgehead atoms. The van der Waals surface area contributed by atoms with Crippen LogP contribution in [0.2, 0.25) is 10.0 Å². The van der Waals surface area contributed by atoms with Crippen molar-refractivity contribution >= 4 is 34.1 Å². The van der Waals surface area contributed by atoms with E-state index in [2.05, 4.69) is 10.1 Å². The van der Waals surface area contributed by atoms with E-state index in [9.17, 15) is 0 Å². The fraction of sp³-hybridized carbons (Fsp3) is 0.312. The Balaban J connectivity index is 1.73. The van der Waals surface area contributed by atoms with Crippen molar-refractivity contribution in [2.45, 2.75) is 25.5 Å². The molecule has 4 rings (SSSR count). The zero-order valence-electron chi connectivity index (χ0n) is 11.9. The highest BCUT2D eigenvalue weighted by Gasteiger charge is 2.18. The van der Waals surface area contributed by atoms with Crippen LogP contribution in [0.1, 0.15) is 25.5 Å². The number of fused-ring (bicyclic) bond motifs is 1. The van der Waals surface area contributed by atoms with Crippen molar-refractivity contribution in [3.05, 3.63) is 40.8 Å². The summed E-state index contributed by atoms with van der Waals surface area (Å²) in [6, 6.07) is 3.79. The fourth-order valence-corrected chi connectivity index (χ4v) is 3.32. The van der Waals surface area contributed by atoms with E-state index in [1.54, 1.807) is 0 Å². The van der Waals surface area contributed by atoms with Gasteiger partial charge in [-0.2, -0.15) is 5.10 Å². The molecule has 0 amide bonds. The van der Waals surface area contributed by atoms with Gasteiger partial charge in [0.1, 0.15) is 6.23 Å². The van der Waals surface area contributed by atoms with E-state index in [0.717, 1.165) is 41.5 Å². The number of nitrogens with zero attached hydrogens (tertiary/aromatic N) is 2. The van der Waals surface area contributed by atoms with Crippen molar-refractivity contribution in [1.82, 2.24) is 14.8 Å². The summed E-state index contributed by atoms with van der Waals surface area (Å²) in [7, 11) is 0. The molecule has 1 aromatic carbocycles. The number of aromatic nitrogens is 3. The number of ether oxygens (including phenoxy) is 1. The third-order valence-corrected chi connectivity index (χ3v) is 4.91. The van der Waals surface area contributed by atoms with E-state index in [4.69, 9.17) is 27.9 Å². The minimum absolute atomic E-state index is 0.0470. The number of H-pyrrole nitrogens is 1. The zero-order valence-corrected chi connectivity index (χ0v) is 13.4. The Morgan fingerprint density at radius 1 is 1.27 bits per heavy atom. The first kappa shape index (κ1) is 14.1. The lowest BCUT2D eigenvalue weighted by atomic mass is 10.1. The number of benzene rings is 1. The lowest BCUT2D eigenvalue weighted by molar-refractivity contribution is -0.0394. The van der Waals surface area contributed by atoms with Gasteiger partial charge in [-0.05, 0) is 25.3 Å². The van der Waals surface area contributed by atoms with Gasteiger partial charge in [0.15, 0.2) is 0 Å². The van der Waals surface area contributed by atoms with Crippen molar-refractivity contribution in [3.63, 3.8) is 0 Å². The van der Waals surface area contributed by atoms with E-state index in [1.165, 1.54) is 6.42 Å². The van der Waals surface area contributed by atoms with E-state index in [1.807, 2.05) is 35.4 Å². The molecule has 1 N–H and O–H groups in total. The maximum absolute atomic E-state index is 6.25. The fourth-order valence-electron chi connectivity index (χ4n) is 2.94. The van der Waals surface area contributed by atoms with Crippen LogP contribution in [-0.4, -0.2) is 21.4 Å². The molecule has 1 saturated heterocycles. The second kappa shape index (κ2) is 5.61. The summed E-state index contributed by atoms with van der Waals surface area (Å²) in [4.78, 5) is 3.20. The highest BCUT2D eigenvalue weighted by Crippen LogP contribution is 2.36. The van der Waals surface area contributed by atoms with E-state index >= 15 is 0 Å². The first-order chi connectivity index (χ1) is 10.7. The van der Waals surface area contributed by atoms with Gasteiger partial charge in [0.05, 0.1) is 21.8 Å². The molecule has 1 aliphatic rings. The molecule has 22 heavy (non-hydrogen) atoms. The number of halogens is 2. The van der Waals surface area contributed by atoms with Crippen molar-refractivity contribution in [2.75, 3.05) is 6.61 Å². The van der Waals surface area contributed by atoms with Crippen molar-refractivity contribution < 1.29 is 4.74 Å². The summed E-state index contributed by atoms with van der Waals surface area (Å²) in [6.07, 6.45) is 9.20. The standard InChI is InChI=1S/C16H15Cl2N3O/c17-13-5-4-11-12(8-19-16(11)15(13)18)10-7-20-21(9-10)14-3-1-2-6-22-14/h4-5,7-9,14,19H,1-3,6H2. The van der Waals surface area contributed by atoms with Crippen LogP contribution in [-0.2, 0) is 4.74 Å². The average Bonchev–Trinajstić information content (AvgIpc) is 3.18. The Hall–Kier alpha value is -1.49. The Labute approximate surface area is 138 Å². The Morgan fingerprint density at radius 2 is 2.18 bits per heavy atom. The summed E-state index contributed by atoms with van der Waals surface area (Å²) >= 11 is 12.3. The second-order valence-electron chi connectivity index (χ2n) is 5.52. The van der Waals surface area contributed by atoms with Gasteiger partial charge >= 0.3 is 0 Å². The van der Waals surface area contributed by atoms with Crippen LogP contribution in [0.4, 0.5) is 0 Å². The van der Waals surface area contributed by atoms with E-state index < -0.39 is 0 Å². The maximum atomic E-state index is 6.25. The van der Waals surface area contributed by atoms with Crippen LogP contribution in [0.25, 0.3) is 22.0 Å². The molecule has 1 aliphatic heterocycles. The van der Waals surface area contributed by atoms with Crippen molar-refractivity contribution in [3.8, 4) is 11.1 Å². The average molecular weight is 336 g/mol. The van der Waals surface area contributed by atoms with Crippen LogP contribution >= 0.6 is 23.2 Å². The highest BCUT2D eigenvalue weighted by atomic mass is 35.5. The van der Waals surface area contributed by atoms with Gasteiger partial charge in [-0.25, -0.2) is 4.68 Å². The monoisotopic (exact) mass is 335 g/mol. The number of hydrogen-bond donors (Lipinski definition) is 1. The predicted molar refractivity (Wildman–Crippen MR) is 88.4 cm³/mol. The van der Waals surface area contributed by atoms with Gasteiger partial charge in [0.25, 0.3) is 0 Å². The molecule has 0 saturated carbocycles. The maximum Gasteiger partial charge on any atom is 0.150 e. The van der Waals surface area contributed by atoms with Crippen LogP contribution in [0.15, 0.2) is 30.7 Å². The molecule has 1 atom stereocenters. The van der Waals surface area contributed by atoms with Gasteiger partial charge in [-0.1, -0.05) is 29.3 Å². The quantitative estimate of drug-likeness (QED) is 0.713. The Kier molecular flexibility index (Phi) is 3.60. The summed E-state index contributed by atoms with van der Waals surface area (Å²) in [5.41, 5.74) is 2.96. The topological polar surface area (TPSA) is 42.8 Å². The third kappa shape index (κ3) is 2.32. The molecular weight excluding hydrogens is 321 g/mol. The highest BCUT2D eigenvalue weighted by molar-refractivity contribution is 6.45. The molecule has 0 spiro atoms. The molecule has 6 heteroatoms. The zero-order chi connectivity index (χ0) is 15.1. The second-order valence-corrected chi connectivity index (χ2v) is 6.30. The van der Waals surface area contributed by atoms with Crippen LogP contribution < -0.4 is 0 Å². The molecule has 114 valence electrons. The van der Waals surface area contributed by atoms with Crippen molar-refractivity contribution in [1.29, 1.82) is 0 Å². The Morgan fingerprint density at radius 3 is 3.00 bits per heavy atom. The van der Waals surface area contributed by atoms with Crippen molar-refractivity contribution in [2.24, 2.45) is 0 Å². The predicted octanol–water partition coefficient (Wildman–Crippen LogP) is 5.04. The van der Waals surface area contributed by atoms with Crippen LogP contribution in [0.5, 0.6) is 0 Å². The number of nitrogens with one attached hydrogen (secondary N) is 1. The normalized spacial score (nSPS) is 18.9. The largest absolute Gasteiger partial charge is 0.359 e. The SMILES string of the molecule is Clc1ccc2c(-c3cnn(C4CCCCO4)c3)c[nH]c2c1Cl. The summed E-state index contributed by atoms with van der Waals surface area (Å²) in [5.74, 6) is 0. The van der Waals surface area contributed by atoms with Gasteiger partial charge in [-0.3, -0.25) is 0 Å². The van der Waals surface area contributed by atoms with E-state index in [-0.39, 0.29) is 6.23 Å². The van der Waals surface area contributed by atoms with E-state index in [0.29, 0.717) is 10.0 Å². The van der Waals surface area contributed by atoms with Gasteiger partial charge in [0.2, 0.25) is 0 Å². The minimum atomic E-state index is 0.0470. The lowest BCUT2D eigenvalue weighted by Crippen LogP contribution is -2.18. The minimum Gasteiger partial charge on any atom is -0.359 e. The number of rotatable bonds is 2. The number of aromatic amines is 1. The molecular formula is C16H15Cl2N3O. The summed E-state index contributed by atoms with van der Waals surface area (Å²) < 4.78 is 7.68. The molecule has 3 heterocycles. The Bertz CT molecular complexity index is 818. The molecule has 4 nitrogen and oxygen atoms in total. The molecule has 3 aromatic rings. The lowest BCUT2D eigenvalue weighted by Gasteiger charge is -2.22. The van der Waals surface area contributed by atoms with Gasteiger partial charge in [-0.15, -0.1) is 0 Å². The first-order valence-electron chi connectivity index (χ1n) is 7.35. The summed E-state index contributed by atoms with van der Waals surface area (Å²) in [5, 5.41) is 6.60. The van der Waals surface area contributed by atoms with Gasteiger partial charge < -0.3 is 9.72 Å². The molecule has 0 aliphatic carbocycles. The first-order valence-corrected chi connectivity index (χ1v) is 8.11. The molecule has 1 unspecified atom stereocenters. The molecule has 2 aromatic heterocycles. The summed E-state index contributed by atoms with van der Waals surface area (Å²) in [6.45, 7) is 0.807. The smallest absolute Gasteiger partial charge is 0.150 e. The van der Waals surface area contributed by atoms with Crippen LogP contribution in [0, 0.1) is 0 Å². The van der Waals surface area contributed by atoms with Crippen LogP contribution in [0.3, 0.4) is 0 Å². The molecule has 0 radical (unpaired) electrons.